The Morgan fingerprint density at radius 2 is 2.12 bits per heavy atom. The third kappa shape index (κ3) is 5.00. The van der Waals surface area contributed by atoms with Crippen molar-refractivity contribution in [1.29, 1.82) is 0 Å². The number of rotatable bonds is 1. The van der Waals surface area contributed by atoms with Crippen molar-refractivity contribution in [2.45, 2.75) is 58.2 Å². The van der Waals surface area contributed by atoms with E-state index < -0.39 is 11.7 Å². The average Bonchev–Trinajstić information content (AvgIpc) is 2.26. The van der Waals surface area contributed by atoms with Crippen molar-refractivity contribution in [2.75, 3.05) is 0 Å². The van der Waals surface area contributed by atoms with E-state index in [1.807, 2.05) is 0 Å². The number of hydrogen-bond donors (Lipinski definition) is 2. The average molecular weight is 228 g/mol. The maximum Gasteiger partial charge on any atom is 0.409 e. The van der Waals surface area contributed by atoms with Gasteiger partial charge in [0.05, 0.1) is 0 Å². The summed E-state index contributed by atoms with van der Waals surface area (Å²) < 4.78 is 5.12. The van der Waals surface area contributed by atoms with E-state index in [1.165, 1.54) is 0 Å². The number of amides is 2. The van der Waals surface area contributed by atoms with Crippen LogP contribution in [0.25, 0.3) is 0 Å². The molecule has 0 radical (unpaired) electrons. The molecule has 1 heterocycles. The summed E-state index contributed by atoms with van der Waals surface area (Å²) in [5, 5.41) is 5.40. The van der Waals surface area contributed by atoms with E-state index in [9.17, 15) is 9.59 Å². The molecule has 0 aromatic rings. The van der Waals surface area contributed by atoms with Gasteiger partial charge in [-0.2, -0.15) is 0 Å². The second-order valence-electron chi connectivity index (χ2n) is 5.01. The Morgan fingerprint density at radius 3 is 2.75 bits per heavy atom. The largest absolute Gasteiger partial charge is 0.444 e. The highest BCUT2D eigenvalue weighted by atomic mass is 16.6. The van der Waals surface area contributed by atoms with E-state index in [1.54, 1.807) is 20.8 Å². The van der Waals surface area contributed by atoms with Gasteiger partial charge in [0.25, 0.3) is 0 Å². The van der Waals surface area contributed by atoms with Crippen LogP contribution in [0.15, 0.2) is 0 Å². The van der Waals surface area contributed by atoms with Crippen molar-refractivity contribution in [1.82, 2.24) is 10.6 Å². The Kier molecular flexibility index (Phi) is 4.15. The van der Waals surface area contributed by atoms with Gasteiger partial charge in [0.2, 0.25) is 5.91 Å². The zero-order chi connectivity index (χ0) is 12.2. The molecule has 1 aliphatic heterocycles. The summed E-state index contributed by atoms with van der Waals surface area (Å²) in [7, 11) is 0. The van der Waals surface area contributed by atoms with Crippen LogP contribution in [0, 0.1) is 0 Å². The molecule has 0 bridgehead atoms. The smallest absolute Gasteiger partial charge is 0.409 e. The first-order valence-corrected chi connectivity index (χ1v) is 5.66. The standard InChI is InChI=1S/C11H20N2O3/c1-11(2,3)16-10(15)13-8-6-4-5-7-9(14)12-8/h8H,4-7H2,1-3H3,(H,12,14)(H,13,15). The normalized spacial score (nSPS) is 21.9. The Morgan fingerprint density at radius 1 is 1.44 bits per heavy atom. The van der Waals surface area contributed by atoms with E-state index in [2.05, 4.69) is 10.6 Å². The first-order chi connectivity index (χ1) is 7.37. The van der Waals surface area contributed by atoms with Crippen molar-refractivity contribution in [3.63, 3.8) is 0 Å². The highest BCUT2D eigenvalue weighted by Gasteiger charge is 2.21. The molecule has 0 aromatic carbocycles. The minimum absolute atomic E-state index is 0.0152. The summed E-state index contributed by atoms with van der Waals surface area (Å²) in [6, 6.07) is 0. The van der Waals surface area contributed by atoms with Crippen LogP contribution in [0.4, 0.5) is 4.79 Å². The van der Waals surface area contributed by atoms with Crippen LogP contribution in [0.2, 0.25) is 0 Å². The molecule has 0 saturated carbocycles. The van der Waals surface area contributed by atoms with Gasteiger partial charge in [-0.25, -0.2) is 4.79 Å². The highest BCUT2D eigenvalue weighted by molar-refractivity contribution is 5.77. The summed E-state index contributed by atoms with van der Waals surface area (Å²) in [4.78, 5) is 22.7. The lowest BCUT2D eigenvalue weighted by atomic mass is 10.2. The minimum atomic E-state index is -0.515. The maximum atomic E-state index is 11.5. The van der Waals surface area contributed by atoms with Gasteiger partial charge in [0.1, 0.15) is 11.8 Å². The summed E-state index contributed by atoms with van der Waals surface area (Å²) in [6.07, 6.45) is 2.30. The Bertz CT molecular complexity index is 271. The molecule has 2 amide bonds. The Balaban J connectivity index is 2.40. The van der Waals surface area contributed by atoms with Crippen molar-refractivity contribution in [3.8, 4) is 0 Å². The first-order valence-electron chi connectivity index (χ1n) is 5.66. The molecule has 92 valence electrons. The van der Waals surface area contributed by atoms with Crippen LogP contribution < -0.4 is 10.6 Å². The Labute approximate surface area is 95.9 Å². The molecule has 1 saturated heterocycles. The number of ether oxygens (including phenoxy) is 1. The van der Waals surface area contributed by atoms with Gasteiger partial charge in [0.15, 0.2) is 0 Å². The molecule has 5 nitrogen and oxygen atoms in total. The zero-order valence-corrected chi connectivity index (χ0v) is 10.1. The molecule has 5 heteroatoms. The predicted octanol–water partition coefficient (Wildman–Crippen LogP) is 1.53. The third-order valence-corrected chi connectivity index (χ3v) is 2.17. The third-order valence-electron chi connectivity index (χ3n) is 2.17. The molecular weight excluding hydrogens is 208 g/mol. The number of nitrogens with one attached hydrogen (secondary N) is 2. The SMILES string of the molecule is CC(C)(C)OC(=O)NC1CCCCC(=O)N1. The first kappa shape index (κ1) is 12.8. The fourth-order valence-corrected chi connectivity index (χ4v) is 1.53. The molecule has 1 fully saturated rings. The van der Waals surface area contributed by atoms with Crippen molar-refractivity contribution in [3.05, 3.63) is 0 Å². The quantitative estimate of drug-likeness (QED) is 0.715. The molecule has 16 heavy (non-hydrogen) atoms. The fraction of sp³-hybridized carbons (Fsp3) is 0.818. The predicted molar refractivity (Wildman–Crippen MR) is 59.8 cm³/mol. The van der Waals surface area contributed by atoms with Gasteiger partial charge in [-0.05, 0) is 40.0 Å². The van der Waals surface area contributed by atoms with Gasteiger partial charge in [0, 0.05) is 6.42 Å². The summed E-state index contributed by atoms with van der Waals surface area (Å²) in [5.41, 5.74) is -0.515. The molecule has 1 atom stereocenters. The highest BCUT2D eigenvalue weighted by Crippen LogP contribution is 2.10. The number of hydrogen-bond acceptors (Lipinski definition) is 3. The lowest BCUT2D eigenvalue weighted by Crippen LogP contribution is -2.48. The van der Waals surface area contributed by atoms with Crippen LogP contribution in [0.1, 0.15) is 46.5 Å². The lowest BCUT2D eigenvalue weighted by Gasteiger charge is -2.23. The second-order valence-corrected chi connectivity index (χ2v) is 5.01. The number of alkyl carbamates (subject to hydrolysis) is 1. The monoisotopic (exact) mass is 228 g/mol. The zero-order valence-electron chi connectivity index (χ0n) is 10.1. The van der Waals surface area contributed by atoms with Gasteiger partial charge in [-0.1, -0.05) is 0 Å². The van der Waals surface area contributed by atoms with Crippen molar-refractivity contribution < 1.29 is 14.3 Å². The van der Waals surface area contributed by atoms with Crippen LogP contribution in [-0.4, -0.2) is 23.8 Å². The molecule has 0 aliphatic carbocycles. The van der Waals surface area contributed by atoms with E-state index >= 15 is 0 Å². The van der Waals surface area contributed by atoms with Crippen molar-refractivity contribution >= 4 is 12.0 Å². The van der Waals surface area contributed by atoms with E-state index in [-0.39, 0.29) is 12.1 Å². The Hall–Kier alpha value is -1.26. The van der Waals surface area contributed by atoms with Gasteiger partial charge in [-0.3, -0.25) is 4.79 Å². The number of carbonyl (C=O) groups excluding carboxylic acids is 2. The summed E-state index contributed by atoms with van der Waals surface area (Å²) in [5.74, 6) is -0.0152. The topological polar surface area (TPSA) is 67.4 Å². The van der Waals surface area contributed by atoms with E-state index in [0.29, 0.717) is 6.42 Å². The van der Waals surface area contributed by atoms with Crippen LogP contribution in [0.3, 0.4) is 0 Å². The van der Waals surface area contributed by atoms with Gasteiger partial charge >= 0.3 is 6.09 Å². The molecular formula is C11H20N2O3. The number of carbonyl (C=O) groups is 2. The summed E-state index contributed by atoms with van der Waals surface area (Å²) >= 11 is 0. The van der Waals surface area contributed by atoms with Gasteiger partial charge in [-0.15, -0.1) is 0 Å². The van der Waals surface area contributed by atoms with Crippen molar-refractivity contribution in [2.24, 2.45) is 0 Å². The molecule has 0 aromatic heterocycles. The fourth-order valence-electron chi connectivity index (χ4n) is 1.53. The van der Waals surface area contributed by atoms with Crippen LogP contribution in [-0.2, 0) is 9.53 Å². The molecule has 2 N–H and O–H groups in total. The maximum absolute atomic E-state index is 11.5. The van der Waals surface area contributed by atoms with Crippen LogP contribution >= 0.6 is 0 Å². The molecule has 1 aliphatic rings. The van der Waals surface area contributed by atoms with E-state index in [4.69, 9.17) is 4.74 Å². The van der Waals surface area contributed by atoms with Gasteiger partial charge < -0.3 is 15.4 Å². The lowest BCUT2D eigenvalue weighted by molar-refractivity contribution is -0.121. The second kappa shape index (κ2) is 5.18. The summed E-state index contributed by atoms with van der Waals surface area (Å²) in [6.45, 7) is 5.41. The van der Waals surface area contributed by atoms with Crippen LogP contribution in [0.5, 0.6) is 0 Å². The molecule has 1 unspecified atom stereocenters. The van der Waals surface area contributed by atoms with E-state index in [0.717, 1.165) is 19.3 Å². The molecule has 1 rings (SSSR count). The molecule has 0 spiro atoms. The minimum Gasteiger partial charge on any atom is -0.444 e.